The summed E-state index contributed by atoms with van der Waals surface area (Å²) in [5.41, 5.74) is 1.48. The number of fused-ring (bicyclic) bond motifs is 2. The summed E-state index contributed by atoms with van der Waals surface area (Å²) in [5.74, 6) is -1.47. The first-order chi connectivity index (χ1) is 18.5. The maximum absolute atomic E-state index is 13.3. The maximum atomic E-state index is 13.3. The fourth-order valence-corrected chi connectivity index (χ4v) is 5.11. The van der Waals surface area contributed by atoms with Crippen molar-refractivity contribution >= 4 is 38.8 Å². The molecule has 13 heteroatoms. The summed E-state index contributed by atoms with van der Waals surface area (Å²) in [6.07, 6.45) is 2.62. The second-order valence-corrected chi connectivity index (χ2v) is 10.6. The molecule has 11 nitrogen and oxygen atoms in total. The highest BCUT2D eigenvalue weighted by molar-refractivity contribution is 7.83. The van der Waals surface area contributed by atoms with E-state index in [1.54, 1.807) is 37.2 Å². The highest BCUT2D eigenvalue weighted by Crippen LogP contribution is 2.44. The van der Waals surface area contributed by atoms with E-state index in [1.807, 2.05) is 4.72 Å². The third-order valence-corrected chi connectivity index (χ3v) is 7.43. The zero-order chi connectivity index (χ0) is 27.9. The molecule has 3 heterocycles. The molecule has 0 saturated heterocycles. The van der Waals surface area contributed by atoms with Gasteiger partial charge < -0.3 is 19.6 Å². The number of amides is 2. The van der Waals surface area contributed by atoms with Crippen LogP contribution in [-0.2, 0) is 23.3 Å². The summed E-state index contributed by atoms with van der Waals surface area (Å²) in [5, 5.41) is 11.1. The molecule has 200 valence electrons. The van der Waals surface area contributed by atoms with Crippen LogP contribution in [0.15, 0.2) is 67.1 Å². The van der Waals surface area contributed by atoms with Crippen molar-refractivity contribution in [2.45, 2.75) is 13.1 Å². The Kier molecular flexibility index (Phi) is 6.52. The van der Waals surface area contributed by atoms with Crippen LogP contribution in [0.25, 0.3) is 10.9 Å². The van der Waals surface area contributed by atoms with Crippen molar-refractivity contribution in [3.8, 4) is 11.5 Å². The predicted octanol–water partition coefficient (Wildman–Crippen LogP) is 2.47. The minimum Gasteiger partial charge on any atom is -0.505 e. The zero-order valence-corrected chi connectivity index (χ0v) is 21.6. The lowest BCUT2D eigenvalue weighted by Gasteiger charge is -2.16. The quantitative estimate of drug-likeness (QED) is 0.349. The van der Waals surface area contributed by atoms with Gasteiger partial charge in [-0.3, -0.25) is 9.78 Å². The van der Waals surface area contributed by atoms with Gasteiger partial charge in [0.1, 0.15) is 17.1 Å². The van der Waals surface area contributed by atoms with Gasteiger partial charge in [-0.15, -0.1) is 8.42 Å². The number of pyridine rings is 2. The summed E-state index contributed by atoms with van der Waals surface area (Å²) >= 11 is 0. The number of hydrogen-bond acceptors (Lipinski definition) is 8. The number of ether oxygens (including phenoxy) is 1. The average molecular weight is 553 g/mol. The highest BCUT2D eigenvalue weighted by Gasteiger charge is 2.37. The number of carbonyl (C=O) groups excluding carboxylic acids is 2. The van der Waals surface area contributed by atoms with Gasteiger partial charge in [-0.25, -0.2) is 9.18 Å². The normalized spacial score (nSPS) is 12.9. The molecule has 39 heavy (non-hydrogen) atoms. The van der Waals surface area contributed by atoms with Crippen molar-refractivity contribution in [2.24, 2.45) is 0 Å². The van der Waals surface area contributed by atoms with Crippen molar-refractivity contribution in [1.29, 1.82) is 0 Å². The first-order valence-corrected chi connectivity index (χ1v) is 13.1. The Morgan fingerprint density at radius 3 is 2.54 bits per heavy atom. The summed E-state index contributed by atoms with van der Waals surface area (Å²) in [4.78, 5) is 33.4. The van der Waals surface area contributed by atoms with Crippen LogP contribution in [0.5, 0.6) is 11.5 Å². The Morgan fingerprint density at radius 2 is 1.87 bits per heavy atom. The molecule has 2 aromatic carbocycles. The van der Waals surface area contributed by atoms with Crippen LogP contribution in [0, 0.1) is 5.82 Å². The molecule has 2 aromatic heterocycles. The van der Waals surface area contributed by atoms with Crippen LogP contribution in [0.3, 0.4) is 0 Å². The van der Waals surface area contributed by atoms with Crippen LogP contribution in [0.4, 0.5) is 14.9 Å². The summed E-state index contributed by atoms with van der Waals surface area (Å²) in [7, 11) is -0.770. The van der Waals surface area contributed by atoms with E-state index in [2.05, 4.69) is 4.98 Å². The van der Waals surface area contributed by atoms with Gasteiger partial charge in [0.15, 0.2) is 18.1 Å². The van der Waals surface area contributed by atoms with Crippen LogP contribution < -0.4 is 18.3 Å². The molecule has 5 rings (SSSR count). The number of aromatic hydroxyl groups is 1. The van der Waals surface area contributed by atoms with E-state index in [9.17, 15) is 27.5 Å². The van der Waals surface area contributed by atoms with E-state index in [0.29, 0.717) is 5.56 Å². The molecule has 0 fully saturated rings. The number of anilines is 1. The zero-order valence-electron chi connectivity index (χ0n) is 20.8. The van der Waals surface area contributed by atoms with Gasteiger partial charge in [0.2, 0.25) is 0 Å². The molecule has 1 aliphatic rings. The van der Waals surface area contributed by atoms with Crippen molar-refractivity contribution in [2.75, 3.05) is 19.0 Å². The van der Waals surface area contributed by atoms with E-state index in [1.165, 1.54) is 53.8 Å². The first-order valence-electron chi connectivity index (χ1n) is 11.6. The largest absolute Gasteiger partial charge is 0.505 e. The van der Waals surface area contributed by atoms with Gasteiger partial charge in [0.25, 0.3) is 5.91 Å². The summed E-state index contributed by atoms with van der Waals surface area (Å²) in [6, 6.07) is 11.8. The summed E-state index contributed by atoms with van der Waals surface area (Å²) < 4.78 is 47.1. The van der Waals surface area contributed by atoms with Crippen molar-refractivity contribution in [3.63, 3.8) is 0 Å². The van der Waals surface area contributed by atoms with Gasteiger partial charge in [-0.2, -0.15) is 4.72 Å². The molecule has 0 saturated carbocycles. The van der Waals surface area contributed by atoms with Gasteiger partial charge in [0, 0.05) is 55.6 Å². The molecule has 0 atom stereocenters. The number of halogens is 1. The van der Waals surface area contributed by atoms with E-state index < -0.39 is 28.0 Å². The standard InChI is InChI=1S/C26H22FN5O6S/c1-30(2)18-9-12-32(13-10-18)39(36,37)29-26(35)38-24-19-4-3-11-28-22(19)23(33)21-20(24)15-31(25(21)34)14-16-5-7-17(27)8-6-16/h3-13H,14-15H2,1-2H3,(H-,29,33,34,35)/p+1. The Balaban J connectivity index is 1.47. The van der Waals surface area contributed by atoms with Gasteiger partial charge in [0.05, 0.1) is 12.1 Å². The molecular formula is C26H23FN5O6S+. The van der Waals surface area contributed by atoms with E-state index >= 15 is 0 Å². The smallest absolute Gasteiger partial charge is 0.475 e. The number of phenols is 1. The lowest BCUT2D eigenvalue weighted by molar-refractivity contribution is -0.512. The number of aromatic nitrogens is 2. The Hall–Kier alpha value is -4.78. The SMILES string of the molecule is CN(C)c1cc[n+](S(=O)(=O)NC(=O)Oc2c3c(c(O)c4ncccc24)C(=O)N(Cc2ccc(F)cc2)C3)cc1. The fraction of sp³-hybridized carbons (Fsp3) is 0.154. The second-order valence-electron chi connectivity index (χ2n) is 9.00. The van der Waals surface area contributed by atoms with Gasteiger partial charge in [-0.05, 0) is 29.8 Å². The number of rotatable bonds is 6. The fourth-order valence-electron chi connectivity index (χ4n) is 4.31. The first kappa shape index (κ1) is 25.9. The molecule has 0 aliphatic carbocycles. The molecule has 4 aromatic rings. The average Bonchev–Trinajstić information content (AvgIpc) is 3.23. The predicted molar refractivity (Wildman–Crippen MR) is 138 cm³/mol. The monoisotopic (exact) mass is 552 g/mol. The number of benzene rings is 2. The topological polar surface area (TPSA) is 133 Å². The Bertz CT molecular complexity index is 1710. The lowest BCUT2D eigenvalue weighted by atomic mass is 10.0. The summed E-state index contributed by atoms with van der Waals surface area (Å²) in [6.45, 7) is 0.0383. The molecule has 0 radical (unpaired) electrons. The molecule has 0 bridgehead atoms. The molecule has 1 aliphatic heterocycles. The third kappa shape index (κ3) is 4.91. The molecule has 0 spiro atoms. The number of phenolic OH excluding ortho intramolecular Hbond substituents is 1. The molecular weight excluding hydrogens is 529 g/mol. The minimum absolute atomic E-state index is 0.00698. The van der Waals surface area contributed by atoms with Crippen LogP contribution in [-0.4, -0.2) is 49.5 Å². The maximum Gasteiger partial charge on any atom is 0.475 e. The van der Waals surface area contributed by atoms with E-state index in [-0.39, 0.29) is 46.6 Å². The molecule has 2 N–H and O–H groups in total. The van der Waals surface area contributed by atoms with Gasteiger partial charge in [-0.1, -0.05) is 16.1 Å². The van der Waals surface area contributed by atoms with Crippen LogP contribution in [0.2, 0.25) is 0 Å². The highest BCUT2D eigenvalue weighted by atomic mass is 32.2. The van der Waals surface area contributed by atoms with Crippen LogP contribution in [0.1, 0.15) is 21.5 Å². The van der Waals surface area contributed by atoms with Crippen molar-refractivity contribution in [3.05, 3.63) is 89.6 Å². The molecule has 0 unspecified atom stereocenters. The van der Waals surface area contributed by atoms with Crippen molar-refractivity contribution < 1.29 is 36.2 Å². The van der Waals surface area contributed by atoms with E-state index in [4.69, 9.17) is 4.74 Å². The van der Waals surface area contributed by atoms with Crippen LogP contribution >= 0.6 is 0 Å². The molecule has 2 amide bonds. The number of hydrogen-bond donors (Lipinski definition) is 2. The minimum atomic E-state index is -4.36. The number of carbonyl (C=O) groups is 2. The third-order valence-electron chi connectivity index (χ3n) is 6.21. The Labute approximate surface area is 222 Å². The van der Waals surface area contributed by atoms with Gasteiger partial charge >= 0.3 is 16.3 Å². The van der Waals surface area contributed by atoms with E-state index in [0.717, 1.165) is 9.66 Å². The number of nitrogens with one attached hydrogen (secondary N) is 1. The number of nitrogens with zero attached hydrogens (tertiary/aromatic N) is 4. The second kappa shape index (κ2) is 9.83. The lowest BCUT2D eigenvalue weighted by Crippen LogP contribution is -2.52. The van der Waals surface area contributed by atoms with Crippen molar-refractivity contribution in [1.82, 2.24) is 14.6 Å². The Morgan fingerprint density at radius 1 is 1.18 bits per heavy atom.